The first-order valence-electron chi connectivity index (χ1n) is 7.16. The molecule has 0 spiro atoms. The first-order valence-corrected chi connectivity index (χ1v) is 8.65. The number of benzene rings is 2. The Morgan fingerprint density at radius 1 is 1.09 bits per heavy atom. The molecular weight excluding hydrogens is 312 g/mol. The van der Waals surface area contributed by atoms with Gasteiger partial charge in [0.2, 0.25) is 5.91 Å². The molecule has 0 radical (unpaired) electrons. The van der Waals surface area contributed by atoms with E-state index in [0.29, 0.717) is 5.69 Å². The summed E-state index contributed by atoms with van der Waals surface area (Å²) in [5.41, 5.74) is 2.18. The number of amides is 1. The van der Waals surface area contributed by atoms with E-state index in [-0.39, 0.29) is 17.2 Å². The van der Waals surface area contributed by atoms with Gasteiger partial charge in [-0.15, -0.1) is 0 Å². The molecule has 1 amide bonds. The highest BCUT2D eigenvalue weighted by Gasteiger charge is 2.14. The number of rotatable bonds is 5. The molecule has 5 nitrogen and oxygen atoms in total. The maximum atomic E-state index is 12.3. The Morgan fingerprint density at radius 2 is 1.74 bits per heavy atom. The number of likely N-dealkylation sites (N-methyl/N-ethyl adjacent to an activating group) is 1. The van der Waals surface area contributed by atoms with Gasteiger partial charge in [-0.2, -0.15) is 0 Å². The van der Waals surface area contributed by atoms with E-state index in [4.69, 9.17) is 0 Å². The molecule has 23 heavy (non-hydrogen) atoms. The van der Waals surface area contributed by atoms with Crippen molar-refractivity contribution in [3.05, 3.63) is 59.7 Å². The number of hydrogen-bond donors (Lipinski definition) is 1. The highest BCUT2D eigenvalue weighted by molar-refractivity contribution is 7.92. The quantitative estimate of drug-likeness (QED) is 0.914. The third-order valence-corrected chi connectivity index (χ3v) is 4.74. The largest absolute Gasteiger partial charge is 0.349 e. The summed E-state index contributed by atoms with van der Waals surface area (Å²) in [6.45, 7) is 1.84. The average molecular weight is 332 g/mol. The summed E-state index contributed by atoms with van der Waals surface area (Å²) in [4.78, 5) is 13.4. The van der Waals surface area contributed by atoms with Crippen molar-refractivity contribution in [1.82, 2.24) is 4.90 Å². The Labute approximate surface area is 137 Å². The van der Waals surface area contributed by atoms with Gasteiger partial charge < -0.3 is 4.90 Å². The van der Waals surface area contributed by atoms with E-state index in [1.54, 1.807) is 56.6 Å². The Morgan fingerprint density at radius 3 is 2.30 bits per heavy atom. The summed E-state index contributed by atoms with van der Waals surface area (Å²) in [6.07, 6.45) is 0.290. The molecule has 0 aliphatic heterocycles. The zero-order valence-corrected chi connectivity index (χ0v) is 14.2. The lowest BCUT2D eigenvalue weighted by molar-refractivity contribution is -0.127. The van der Waals surface area contributed by atoms with Gasteiger partial charge in [0.25, 0.3) is 10.0 Å². The first-order chi connectivity index (χ1) is 10.8. The van der Waals surface area contributed by atoms with Crippen molar-refractivity contribution in [3.63, 3.8) is 0 Å². The van der Waals surface area contributed by atoms with Crippen molar-refractivity contribution in [1.29, 1.82) is 0 Å². The zero-order chi connectivity index (χ0) is 17.0. The smallest absolute Gasteiger partial charge is 0.261 e. The summed E-state index contributed by atoms with van der Waals surface area (Å²) >= 11 is 0. The van der Waals surface area contributed by atoms with Crippen molar-refractivity contribution < 1.29 is 13.2 Å². The van der Waals surface area contributed by atoms with Crippen molar-refractivity contribution in [2.24, 2.45) is 0 Å². The lowest BCUT2D eigenvalue weighted by Crippen LogP contribution is -2.23. The van der Waals surface area contributed by atoms with Crippen LogP contribution in [0.1, 0.15) is 11.1 Å². The van der Waals surface area contributed by atoms with Crippen LogP contribution in [0.25, 0.3) is 0 Å². The second-order valence-corrected chi connectivity index (χ2v) is 7.27. The molecule has 1 N–H and O–H groups in total. The maximum absolute atomic E-state index is 12.3. The van der Waals surface area contributed by atoms with Crippen LogP contribution in [0.3, 0.4) is 0 Å². The topological polar surface area (TPSA) is 66.5 Å². The second kappa shape index (κ2) is 6.83. The predicted molar refractivity (Wildman–Crippen MR) is 90.8 cm³/mol. The van der Waals surface area contributed by atoms with Gasteiger partial charge in [0.05, 0.1) is 11.3 Å². The summed E-state index contributed by atoms with van der Waals surface area (Å²) in [5, 5.41) is 0. The van der Waals surface area contributed by atoms with Crippen LogP contribution in [-0.2, 0) is 21.2 Å². The van der Waals surface area contributed by atoms with Crippen molar-refractivity contribution >= 4 is 21.6 Å². The number of nitrogens with zero attached hydrogens (tertiary/aromatic N) is 1. The highest BCUT2D eigenvalue weighted by atomic mass is 32.2. The Kier molecular flexibility index (Phi) is 5.05. The van der Waals surface area contributed by atoms with E-state index in [9.17, 15) is 13.2 Å². The molecule has 122 valence electrons. The Hall–Kier alpha value is -2.34. The normalized spacial score (nSPS) is 11.1. The number of aryl methyl sites for hydroxylation is 1. The SMILES string of the molecule is Cc1cccc(S(=O)(=O)Nc2ccc(CC(=O)N(C)C)cc2)c1. The Balaban J connectivity index is 2.13. The molecule has 2 rings (SSSR count). The summed E-state index contributed by atoms with van der Waals surface area (Å²) in [7, 11) is -0.208. The van der Waals surface area contributed by atoms with Gasteiger partial charge in [-0.25, -0.2) is 8.42 Å². The number of nitrogens with one attached hydrogen (secondary N) is 1. The zero-order valence-electron chi connectivity index (χ0n) is 13.4. The number of anilines is 1. The van der Waals surface area contributed by atoms with Gasteiger partial charge >= 0.3 is 0 Å². The monoisotopic (exact) mass is 332 g/mol. The summed E-state index contributed by atoms with van der Waals surface area (Å²) < 4.78 is 27.2. The Bertz CT molecular complexity index is 797. The molecule has 2 aromatic carbocycles. The fourth-order valence-electron chi connectivity index (χ4n) is 2.02. The lowest BCUT2D eigenvalue weighted by Gasteiger charge is -2.11. The lowest BCUT2D eigenvalue weighted by atomic mass is 10.1. The number of hydrogen-bond acceptors (Lipinski definition) is 3. The summed E-state index contributed by atoms with van der Waals surface area (Å²) in [5.74, 6) is -0.00177. The van der Waals surface area contributed by atoms with E-state index < -0.39 is 10.0 Å². The van der Waals surface area contributed by atoms with E-state index in [1.807, 2.05) is 13.0 Å². The van der Waals surface area contributed by atoms with Gasteiger partial charge in [0.15, 0.2) is 0 Å². The number of carbonyl (C=O) groups is 1. The predicted octanol–water partition coefficient (Wildman–Crippen LogP) is 2.43. The van der Waals surface area contributed by atoms with E-state index >= 15 is 0 Å². The summed E-state index contributed by atoms with van der Waals surface area (Å²) in [6, 6.07) is 13.5. The van der Waals surface area contributed by atoms with E-state index in [1.165, 1.54) is 4.90 Å². The number of carbonyl (C=O) groups excluding carboxylic acids is 1. The fraction of sp³-hybridized carbons (Fsp3) is 0.235. The van der Waals surface area contributed by atoms with Crippen molar-refractivity contribution in [2.75, 3.05) is 18.8 Å². The van der Waals surface area contributed by atoms with Crippen LogP contribution in [0.5, 0.6) is 0 Å². The fourth-order valence-corrected chi connectivity index (χ4v) is 3.18. The van der Waals surface area contributed by atoms with Crippen LogP contribution in [0, 0.1) is 6.92 Å². The van der Waals surface area contributed by atoms with Gasteiger partial charge in [0, 0.05) is 19.8 Å². The molecule has 0 unspecified atom stereocenters. The molecule has 0 saturated carbocycles. The molecule has 0 fully saturated rings. The van der Waals surface area contributed by atoms with Crippen LogP contribution in [0.2, 0.25) is 0 Å². The van der Waals surface area contributed by atoms with Crippen LogP contribution in [-0.4, -0.2) is 33.3 Å². The van der Waals surface area contributed by atoms with E-state index in [2.05, 4.69) is 4.72 Å². The first kappa shape index (κ1) is 17.0. The molecule has 2 aromatic rings. The molecular formula is C17H20N2O3S. The third-order valence-electron chi connectivity index (χ3n) is 3.36. The van der Waals surface area contributed by atoms with Crippen LogP contribution in [0.15, 0.2) is 53.4 Å². The molecule has 6 heteroatoms. The standard InChI is InChI=1S/C17H20N2O3S/c1-13-5-4-6-16(11-13)23(21,22)18-15-9-7-14(8-10-15)12-17(20)19(2)3/h4-11,18H,12H2,1-3H3. The molecule has 0 heterocycles. The van der Waals surface area contributed by atoms with Crippen molar-refractivity contribution in [2.45, 2.75) is 18.2 Å². The molecule has 0 atom stereocenters. The molecule has 0 aliphatic carbocycles. The molecule has 0 aliphatic rings. The minimum Gasteiger partial charge on any atom is -0.349 e. The third kappa shape index (κ3) is 4.56. The van der Waals surface area contributed by atoms with Crippen LogP contribution in [0.4, 0.5) is 5.69 Å². The average Bonchev–Trinajstić information content (AvgIpc) is 2.49. The second-order valence-electron chi connectivity index (χ2n) is 5.58. The maximum Gasteiger partial charge on any atom is 0.261 e. The van der Waals surface area contributed by atoms with Gasteiger partial charge in [-0.05, 0) is 42.3 Å². The molecule has 0 aromatic heterocycles. The minimum absolute atomic E-state index is 0.00177. The van der Waals surface area contributed by atoms with Gasteiger partial charge in [-0.3, -0.25) is 9.52 Å². The van der Waals surface area contributed by atoms with Gasteiger partial charge in [0.1, 0.15) is 0 Å². The molecule has 0 saturated heterocycles. The molecule has 0 bridgehead atoms. The van der Waals surface area contributed by atoms with Crippen LogP contribution < -0.4 is 4.72 Å². The van der Waals surface area contributed by atoms with E-state index in [0.717, 1.165) is 11.1 Å². The van der Waals surface area contributed by atoms with Gasteiger partial charge in [-0.1, -0.05) is 24.3 Å². The van der Waals surface area contributed by atoms with Crippen LogP contribution >= 0.6 is 0 Å². The number of sulfonamides is 1. The van der Waals surface area contributed by atoms with Crippen molar-refractivity contribution in [3.8, 4) is 0 Å². The highest BCUT2D eigenvalue weighted by Crippen LogP contribution is 2.17. The minimum atomic E-state index is -3.61.